The molecule has 2 atom stereocenters. The first kappa shape index (κ1) is 13.2. The van der Waals surface area contributed by atoms with Crippen LogP contribution < -0.4 is 5.32 Å². The second-order valence-corrected chi connectivity index (χ2v) is 5.68. The van der Waals surface area contributed by atoms with Crippen LogP contribution in [0.25, 0.3) is 0 Å². The predicted molar refractivity (Wildman–Crippen MR) is 69.7 cm³/mol. The smallest absolute Gasteiger partial charge is 0.0638 e. The fourth-order valence-corrected chi connectivity index (χ4v) is 2.98. The Morgan fingerprint density at radius 3 is 2.62 bits per heavy atom. The van der Waals surface area contributed by atoms with E-state index in [0.717, 1.165) is 6.42 Å². The zero-order valence-electron chi connectivity index (χ0n) is 10.5. The molecule has 1 aromatic rings. The molecule has 2 unspecified atom stereocenters. The lowest BCUT2D eigenvalue weighted by Crippen LogP contribution is -2.30. The lowest BCUT2D eigenvalue weighted by molar-refractivity contribution is 0.447. The minimum Gasteiger partial charge on any atom is -0.306 e. The Morgan fingerprint density at radius 2 is 2.19 bits per heavy atom. The van der Waals surface area contributed by atoms with Gasteiger partial charge in [0.15, 0.2) is 0 Å². The highest BCUT2D eigenvalue weighted by atomic mass is 32.1. The molecule has 1 aromatic heterocycles. The lowest BCUT2D eigenvalue weighted by atomic mass is 10.1. The largest absolute Gasteiger partial charge is 0.306 e. The molecule has 88 valence electrons. The summed E-state index contributed by atoms with van der Waals surface area (Å²) >= 11 is 1.84. The van der Waals surface area contributed by atoms with Crippen LogP contribution in [0.2, 0.25) is 0 Å². The van der Waals surface area contributed by atoms with Crippen molar-refractivity contribution in [1.82, 2.24) is 5.32 Å². The zero-order valence-corrected chi connectivity index (χ0v) is 11.3. The first-order valence-electron chi connectivity index (χ1n) is 5.78. The standard InChI is InChI=1S/C13H20N2S/c1-5-12(6-7-14)15-10(3)13-8-9(2)16-11(13)4/h8,10,12,15H,5-6H2,1-4H3. The summed E-state index contributed by atoms with van der Waals surface area (Å²) in [6, 6.07) is 5.12. The number of thiophene rings is 1. The van der Waals surface area contributed by atoms with Crippen molar-refractivity contribution in [2.75, 3.05) is 0 Å². The molecule has 16 heavy (non-hydrogen) atoms. The number of rotatable bonds is 5. The van der Waals surface area contributed by atoms with Gasteiger partial charge >= 0.3 is 0 Å². The number of hydrogen-bond donors (Lipinski definition) is 1. The molecular formula is C13H20N2S. The average molecular weight is 236 g/mol. The molecule has 0 aliphatic carbocycles. The molecule has 0 saturated carbocycles. The predicted octanol–water partition coefficient (Wildman–Crippen LogP) is 3.71. The van der Waals surface area contributed by atoms with E-state index in [9.17, 15) is 0 Å². The van der Waals surface area contributed by atoms with Gasteiger partial charge in [-0.1, -0.05) is 6.92 Å². The number of nitrogens with one attached hydrogen (secondary N) is 1. The van der Waals surface area contributed by atoms with E-state index in [1.807, 2.05) is 11.3 Å². The molecule has 0 radical (unpaired) electrons. The minimum absolute atomic E-state index is 0.305. The maximum absolute atomic E-state index is 8.72. The first-order valence-corrected chi connectivity index (χ1v) is 6.60. The van der Waals surface area contributed by atoms with Gasteiger partial charge in [0.05, 0.1) is 12.5 Å². The van der Waals surface area contributed by atoms with E-state index in [0.29, 0.717) is 18.5 Å². The Kier molecular flexibility index (Phi) is 4.98. The van der Waals surface area contributed by atoms with E-state index in [1.165, 1.54) is 15.3 Å². The van der Waals surface area contributed by atoms with E-state index in [1.54, 1.807) is 0 Å². The van der Waals surface area contributed by atoms with Gasteiger partial charge in [0, 0.05) is 21.8 Å². The summed E-state index contributed by atoms with van der Waals surface area (Å²) in [5, 5.41) is 12.2. The van der Waals surface area contributed by atoms with E-state index in [2.05, 4.69) is 45.1 Å². The molecule has 3 heteroatoms. The normalized spacial score (nSPS) is 14.4. The van der Waals surface area contributed by atoms with Crippen LogP contribution in [0.1, 0.15) is 48.0 Å². The van der Waals surface area contributed by atoms with E-state index in [4.69, 9.17) is 5.26 Å². The molecule has 0 amide bonds. The molecule has 0 aliphatic heterocycles. The van der Waals surface area contributed by atoms with E-state index < -0.39 is 0 Å². The maximum Gasteiger partial charge on any atom is 0.0638 e. The first-order chi connectivity index (χ1) is 7.58. The van der Waals surface area contributed by atoms with Crippen molar-refractivity contribution in [3.05, 3.63) is 21.4 Å². The fraction of sp³-hybridized carbons (Fsp3) is 0.615. The Bertz CT molecular complexity index is 376. The van der Waals surface area contributed by atoms with Crippen LogP contribution in [0.3, 0.4) is 0 Å². The van der Waals surface area contributed by atoms with Gasteiger partial charge in [0.2, 0.25) is 0 Å². The molecule has 0 fully saturated rings. The number of aryl methyl sites for hydroxylation is 2. The lowest BCUT2D eigenvalue weighted by Gasteiger charge is -2.20. The van der Waals surface area contributed by atoms with E-state index in [-0.39, 0.29) is 0 Å². The van der Waals surface area contributed by atoms with Crippen molar-refractivity contribution in [3.8, 4) is 6.07 Å². The van der Waals surface area contributed by atoms with Crippen LogP contribution in [-0.2, 0) is 0 Å². The van der Waals surface area contributed by atoms with Crippen LogP contribution in [0, 0.1) is 25.2 Å². The quantitative estimate of drug-likeness (QED) is 0.846. The molecule has 1 heterocycles. The molecule has 0 spiro atoms. The number of hydrogen-bond acceptors (Lipinski definition) is 3. The second-order valence-electron chi connectivity index (χ2n) is 4.22. The molecule has 0 bridgehead atoms. The van der Waals surface area contributed by atoms with Gasteiger partial charge in [-0.2, -0.15) is 5.26 Å². The van der Waals surface area contributed by atoms with Crippen LogP contribution in [-0.4, -0.2) is 6.04 Å². The van der Waals surface area contributed by atoms with E-state index >= 15 is 0 Å². The van der Waals surface area contributed by atoms with Crippen molar-refractivity contribution in [2.24, 2.45) is 0 Å². The van der Waals surface area contributed by atoms with Crippen molar-refractivity contribution in [3.63, 3.8) is 0 Å². The third kappa shape index (κ3) is 3.33. The van der Waals surface area contributed by atoms with Gasteiger partial charge in [-0.3, -0.25) is 0 Å². The van der Waals surface area contributed by atoms with Gasteiger partial charge < -0.3 is 5.32 Å². The average Bonchev–Trinajstić information content (AvgIpc) is 2.57. The van der Waals surface area contributed by atoms with Gasteiger partial charge in [0.25, 0.3) is 0 Å². The van der Waals surface area contributed by atoms with Crippen LogP contribution in [0.4, 0.5) is 0 Å². The summed E-state index contributed by atoms with van der Waals surface area (Å²) < 4.78 is 0. The fourth-order valence-electron chi connectivity index (χ4n) is 1.96. The summed E-state index contributed by atoms with van der Waals surface area (Å²) in [5.41, 5.74) is 1.37. The highest BCUT2D eigenvalue weighted by molar-refractivity contribution is 7.12. The van der Waals surface area contributed by atoms with Crippen molar-refractivity contribution < 1.29 is 0 Å². The molecule has 1 rings (SSSR count). The summed E-state index contributed by atoms with van der Waals surface area (Å²) in [6.45, 7) is 8.60. The van der Waals surface area contributed by atoms with Gasteiger partial charge in [-0.05, 0) is 38.8 Å². The minimum atomic E-state index is 0.305. The van der Waals surface area contributed by atoms with Crippen molar-refractivity contribution in [2.45, 2.75) is 52.6 Å². The second kappa shape index (κ2) is 6.03. The summed E-state index contributed by atoms with van der Waals surface area (Å²) in [6.07, 6.45) is 1.59. The van der Waals surface area contributed by atoms with Crippen LogP contribution in [0.15, 0.2) is 6.07 Å². The number of nitrogens with zero attached hydrogens (tertiary/aromatic N) is 1. The van der Waals surface area contributed by atoms with Gasteiger partial charge in [-0.15, -0.1) is 11.3 Å². The summed E-state index contributed by atoms with van der Waals surface area (Å²) in [4.78, 5) is 2.73. The third-order valence-electron chi connectivity index (χ3n) is 2.86. The number of nitriles is 1. The Balaban J connectivity index is 2.68. The molecule has 0 aliphatic rings. The summed E-state index contributed by atoms with van der Waals surface area (Å²) in [7, 11) is 0. The molecule has 2 nitrogen and oxygen atoms in total. The highest BCUT2D eigenvalue weighted by Gasteiger charge is 2.14. The van der Waals surface area contributed by atoms with Crippen LogP contribution in [0.5, 0.6) is 0 Å². The van der Waals surface area contributed by atoms with Crippen molar-refractivity contribution >= 4 is 11.3 Å². The Labute approximate surface area is 102 Å². The summed E-state index contributed by atoms with van der Waals surface area (Å²) in [5.74, 6) is 0. The molecular weight excluding hydrogens is 216 g/mol. The maximum atomic E-state index is 8.72. The Morgan fingerprint density at radius 1 is 1.50 bits per heavy atom. The topological polar surface area (TPSA) is 35.8 Å². The Hall–Kier alpha value is -0.850. The third-order valence-corrected chi connectivity index (χ3v) is 3.84. The zero-order chi connectivity index (χ0) is 12.1. The monoisotopic (exact) mass is 236 g/mol. The SMILES string of the molecule is CCC(CC#N)NC(C)c1cc(C)sc1C. The van der Waals surface area contributed by atoms with Gasteiger partial charge in [-0.25, -0.2) is 0 Å². The molecule has 0 saturated heterocycles. The molecule has 1 N–H and O–H groups in total. The van der Waals surface area contributed by atoms with Crippen molar-refractivity contribution in [1.29, 1.82) is 5.26 Å². The highest BCUT2D eigenvalue weighted by Crippen LogP contribution is 2.26. The molecule has 0 aromatic carbocycles. The van der Waals surface area contributed by atoms with Gasteiger partial charge in [0.1, 0.15) is 0 Å². The van der Waals surface area contributed by atoms with Crippen LogP contribution >= 0.6 is 11.3 Å².